The van der Waals surface area contributed by atoms with E-state index in [0.717, 1.165) is 11.3 Å². The molecule has 0 saturated heterocycles. The lowest BCUT2D eigenvalue weighted by Gasteiger charge is -2.17. The zero-order chi connectivity index (χ0) is 23.2. The van der Waals surface area contributed by atoms with E-state index in [1.165, 1.54) is 24.9 Å². The zero-order valence-corrected chi connectivity index (χ0v) is 19.1. The number of rotatable bonds is 8. The van der Waals surface area contributed by atoms with E-state index in [0.29, 0.717) is 23.1 Å². The van der Waals surface area contributed by atoms with E-state index in [4.69, 9.17) is 4.74 Å². The summed E-state index contributed by atoms with van der Waals surface area (Å²) < 4.78 is 20.9. The number of methoxy groups -OCH3 is 1. The highest BCUT2D eigenvalue weighted by Gasteiger charge is 2.18. The molecule has 4 rings (SSSR count). The van der Waals surface area contributed by atoms with Crippen molar-refractivity contribution >= 4 is 17.7 Å². The predicted octanol–water partition coefficient (Wildman–Crippen LogP) is 4.83. The Balaban J connectivity index is 1.50. The number of amides is 1. The number of carbonyl (C=O) groups is 1. The van der Waals surface area contributed by atoms with Crippen molar-refractivity contribution in [3.63, 3.8) is 0 Å². The van der Waals surface area contributed by atoms with Gasteiger partial charge in [0.25, 0.3) is 0 Å². The standard InChI is InChI=1S/C25H23FN4O2S/c1-29(16-18-13-14-22(32-2)21(26)15-18)23(31)17-33-25-28-27-24(19-9-5-3-6-10-19)30(25)20-11-7-4-8-12-20/h3-15H,16-17H2,1-2H3. The smallest absolute Gasteiger partial charge is 0.233 e. The summed E-state index contributed by atoms with van der Waals surface area (Å²) >= 11 is 1.32. The summed E-state index contributed by atoms with van der Waals surface area (Å²) in [4.78, 5) is 14.3. The van der Waals surface area contributed by atoms with Crippen LogP contribution >= 0.6 is 11.8 Å². The highest BCUT2D eigenvalue weighted by Crippen LogP contribution is 2.28. The molecule has 3 aromatic carbocycles. The third kappa shape index (κ3) is 5.23. The fourth-order valence-corrected chi connectivity index (χ4v) is 4.25. The first kappa shape index (κ1) is 22.5. The van der Waals surface area contributed by atoms with Gasteiger partial charge in [0, 0.05) is 24.8 Å². The molecule has 0 spiro atoms. The molecular formula is C25H23FN4O2S. The maximum absolute atomic E-state index is 14.0. The minimum Gasteiger partial charge on any atom is -0.494 e. The van der Waals surface area contributed by atoms with Gasteiger partial charge in [0.2, 0.25) is 5.91 Å². The molecular weight excluding hydrogens is 439 g/mol. The normalized spacial score (nSPS) is 10.8. The molecule has 0 saturated carbocycles. The largest absolute Gasteiger partial charge is 0.494 e. The van der Waals surface area contributed by atoms with Gasteiger partial charge in [0.1, 0.15) is 0 Å². The molecule has 0 aliphatic heterocycles. The molecule has 1 heterocycles. The molecule has 0 bridgehead atoms. The summed E-state index contributed by atoms with van der Waals surface area (Å²) in [5, 5.41) is 9.37. The van der Waals surface area contributed by atoms with E-state index in [2.05, 4.69) is 10.2 Å². The number of nitrogens with zero attached hydrogens (tertiary/aromatic N) is 4. The third-order valence-corrected chi connectivity index (χ3v) is 5.98. The molecule has 0 aliphatic rings. The fourth-order valence-electron chi connectivity index (χ4n) is 3.35. The molecule has 0 radical (unpaired) electrons. The lowest BCUT2D eigenvalue weighted by molar-refractivity contribution is -0.127. The fraction of sp³-hybridized carbons (Fsp3) is 0.160. The quantitative estimate of drug-likeness (QED) is 0.351. The van der Waals surface area contributed by atoms with Crippen LogP contribution in [0.1, 0.15) is 5.56 Å². The summed E-state index contributed by atoms with van der Waals surface area (Å²) in [6, 6.07) is 24.3. The Morgan fingerprint density at radius 3 is 2.39 bits per heavy atom. The second-order valence-electron chi connectivity index (χ2n) is 7.35. The first-order valence-corrected chi connectivity index (χ1v) is 11.3. The van der Waals surface area contributed by atoms with Crippen molar-refractivity contribution in [3.8, 4) is 22.8 Å². The van der Waals surface area contributed by atoms with Crippen LogP contribution in [0, 0.1) is 5.82 Å². The monoisotopic (exact) mass is 462 g/mol. The molecule has 33 heavy (non-hydrogen) atoms. The first-order valence-electron chi connectivity index (χ1n) is 10.3. The Bertz CT molecular complexity index is 1230. The number of halogens is 1. The van der Waals surface area contributed by atoms with Crippen LogP contribution in [-0.2, 0) is 11.3 Å². The summed E-state index contributed by atoms with van der Waals surface area (Å²) in [6.07, 6.45) is 0. The highest BCUT2D eigenvalue weighted by molar-refractivity contribution is 7.99. The van der Waals surface area contributed by atoms with E-state index < -0.39 is 5.82 Å². The van der Waals surface area contributed by atoms with Gasteiger partial charge in [-0.1, -0.05) is 66.4 Å². The Morgan fingerprint density at radius 2 is 1.73 bits per heavy atom. The van der Waals surface area contributed by atoms with E-state index in [-0.39, 0.29) is 17.4 Å². The average Bonchev–Trinajstić information content (AvgIpc) is 3.27. The number of carbonyl (C=O) groups excluding carboxylic acids is 1. The van der Waals surface area contributed by atoms with Crippen LogP contribution < -0.4 is 4.74 Å². The number of hydrogen-bond donors (Lipinski definition) is 0. The van der Waals surface area contributed by atoms with Crippen molar-refractivity contribution in [1.82, 2.24) is 19.7 Å². The zero-order valence-electron chi connectivity index (χ0n) is 18.3. The molecule has 0 atom stereocenters. The molecule has 4 aromatic rings. The van der Waals surface area contributed by atoms with E-state index in [1.54, 1.807) is 24.1 Å². The van der Waals surface area contributed by atoms with Crippen LogP contribution in [0.4, 0.5) is 4.39 Å². The van der Waals surface area contributed by atoms with Crippen molar-refractivity contribution in [2.45, 2.75) is 11.7 Å². The van der Waals surface area contributed by atoms with E-state index in [9.17, 15) is 9.18 Å². The van der Waals surface area contributed by atoms with Crippen molar-refractivity contribution < 1.29 is 13.9 Å². The van der Waals surface area contributed by atoms with Gasteiger partial charge in [0.05, 0.1) is 12.9 Å². The molecule has 6 nitrogen and oxygen atoms in total. The highest BCUT2D eigenvalue weighted by atomic mass is 32.2. The van der Waals surface area contributed by atoms with Crippen LogP contribution in [0.3, 0.4) is 0 Å². The van der Waals surface area contributed by atoms with Gasteiger partial charge < -0.3 is 9.64 Å². The second kappa shape index (κ2) is 10.3. The summed E-state index contributed by atoms with van der Waals surface area (Å²) in [7, 11) is 3.12. The van der Waals surface area contributed by atoms with Crippen molar-refractivity contribution in [1.29, 1.82) is 0 Å². The van der Waals surface area contributed by atoms with Gasteiger partial charge in [0.15, 0.2) is 22.5 Å². The van der Waals surface area contributed by atoms with Crippen LogP contribution in [0.5, 0.6) is 5.75 Å². The number of para-hydroxylation sites is 1. The molecule has 0 N–H and O–H groups in total. The summed E-state index contributed by atoms with van der Waals surface area (Å²) in [5.41, 5.74) is 2.54. The van der Waals surface area contributed by atoms with Gasteiger partial charge in [-0.05, 0) is 29.8 Å². The Hall–Kier alpha value is -3.65. The Labute approximate surface area is 196 Å². The molecule has 168 valence electrons. The molecule has 1 amide bonds. The third-order valence-electron chi connectivity index (χ3n) is 5.07. The number of aromatic nitrogens is 3. The number of benzene rings is 3. The lowest BCUT2D eigenvalue weighted by Crippen LogP contribution is -2.28. The topological polar surface area (TPSA) is 60.2 Å². The first-order chi connectivity index (χ1) is 16.1. The number of hydrogen-bond acceptors (Lipinski definition) is 5. The van der Waals surface area contributed by atoms with Gasteiger partial charge in [-0.15, -0.1) is 10.2 Å². The predicted molar refractivity (Wildman–Crippen MR) is 127 cm³/mol. The Kier molecular flexibility index (Phi) is 7.04. The van der Waals surface area contributed by atoms with Crippen LogP contribution in [0.25, 0.3) is 17.1 Å². The van der Waals surface area contributed by atoms with Crippen molar-refractivity contribution in [2.24, 2.45) is 0 Å². The summed E-state index contributed by atoms with van der Waals surface area (Å²) in [6.45, 7) is 0.293. The van der Waals surface area contributed by atoms with Gasteiger partial charge in [-0.3, -0.25) is 9.36 Å². The maximum Gasteiger partial charge on any atom is 0.233 e. The van der Waals surface area contributed by atoms with Crippen LogP contribution in [0.2, 0.25) is 0 Å². The SMILES string of the molecule is COc1ccc(CN(C)C(=O)CSc2nnc(-c3ccccc3)n2-c2ccccc2)cc1F. The second-order valence-corrected chi connectivity index (χ2v) is 8.29. The molecule has 0 fully saturated rings. The Morgan fingerprint density at radius 1 is 1.03 bits per heavy atom. The van der Waals surface area contributed by atoms with Crippen LogP contribution in [0.15, 0.2) is 84.0 Å². The molecule has 0 aliphatic carbocycles. The average molecular weight is 463 g/mol. The van der Waals surface area contributed by atoms with Crippen molar-refractivity contribution in [3.05, 3.63) is 90.2 Å². The molecule has 1 aromatic heterocycles. The number of ether oxygens (including phenoxy) is 1. The molecule has 8 heteroatoms. The van der Waals surface area contributed by atoms with Gasteiger partial charge >= 0.3 is 0 Å². The van der Waals surface area contributed by atoms with Gasteiger partial charge in [-0.25, -0.2) is 4.39 Å². The number of thioether (sulfide) groups is 1. The van der Waals surface area contributed by atoms with E-state index >= 15 is 0 Å². The van der Waals surface area contributed by atoms with Gasteiger partial charge in [-0.2, -0.15) is 0 Å². The lowest BCUT2D eigenvalue weighted by atomic mass is 10.2. The van der Waals surface area contributed by atoms with E-state index in [1.807, 2.05) is 65.2 Å². The maximum atomic E-state index is 14.0. The molecule has 0 unspecified atom stereocenters. The minimum absolute atomic E-state index is 0.0971. The summed E-state index contributed by atoms with van der Waals surface area (Å²) in [5.74, 6) is 0.515. The van der Waals surface area contributed by atoms with Crippen molar-refractivity contribution in [2.75, 3.05) is 19.9 Å². The minimum atomic E-state index is -0.449. The van der Waals surface area contributed by atoms with Crippen LogP contribution in [-0.4, -0.2) is 45.5 Å².